The molecule has 2 N–H and O–H groups in total. The molecule has 0 saturated heterocycles. The molecular formula is C22H25N3O6S. The molecule has 0 aliphatic carbocycles. The number of anilines is 2. The number of nitrogens with zero attached hydrogens (tertiary/aromatic N) is 2. The second-order valence-corrected chi connectivity index (χ2v) is 9.44. The number of carboxylic acid groups (broad SMARTS) is 1. The molecule has 2 aromatic heterocycles. The van der Waals surface area contributed by atoms with Crippen LogP contribution >= 0.6 is 0 Å². The molecule has 0 radical (unpaired) electrons. The first-order valence-corrected chi connectivity index (χ1v) is 11.7. The van der Waals surface area contributed by atoms with E-state index in [0.29, 0.717) is 42.6 Å². The predicted octanol–water partition coefficient (Wildman–Crippen LogP) is 3.24. The molecular weight excluding hydrogens is 434 g/mol. The molecule has 0 atom stereocenters. The number of hydrogen-bond acceptors (Lipinski definition) is 8. The lowest BCUT2D eigenvalue weighted by molar-refractivity contribution is -0.134. The van der Waals surface area contributed by atoms with Gasteiger partial charge in [-0.2, -0.15) is 4.98 Å². The Hall–Kier alpha value is -3.40. The van der Waals surface area contributed by atoms with Crippen LogP contribution < -0.4 is 10.1 Å². The van der Waals surface area contributed by atoms with Gasteiger partial charge in [-0.3, -0.25) is 4.79 Å². The number of rotatable bonds is 5. The van der Waals surface area contributed by atoms with Crippen LogP contribution in [0.4, 0.5) is 11.6 Å². The van der Waals surface area contributed by atoms with Gasteiger partial charge >= 0.3 is 5.97 Å². The molecule has 2 aromatic rings. The van der Waals surface area contributed by atoms with E-state index in [4.69, 9.17) is 14.6 Å². The predicted molar refractivity (Wildman–Crippen MR) is 120 cm³/mol. The zero-order valence-electron chi connectivity index (χ0n) is 17.9. The lowest BCUT2D eigenvalue weighted by Crippen LogP contribution is -2.17. The van der Waals surface area contributed by atoms with Crippen molar-refractivity contribution >= 4 is 33.0 Å². The van der Waals surface area contributed by atoms with Crippen LogP contribution in [0.1, 0.15) is 30.0 Å². The number of allylic oxidation sites excluding steroid dienone is 2. The number of hydrogen-bond donors (Lipinski definition) is 2. The van der Waals surface area contributed by atoms with Crippen LogP contribution in [0.25, 0.3) is 5.57 Å². The molecule has 9 nitrogen and oxygen atoms in total. The van der Waals surface area contributed by atoms with Gasteiger partial charge in [0.15, 0.2) is 9.84 Å². The maximum absolute atomic E-state index is 12.2. The molecule has 4 bridgehead atoms. The largest absolute Gasteiger partial charge is 0.493 e. The number of carbonyl (C=O) groups is 1. The van der Waals surface area contributed by atoms with Crippen LogP contribution in [0.2, 0.25) is 0 Å². The summed E-state index contributed by atoms with van der Waals surface area (Å²) >= 11 is 0. The van der Waals surface area contributed by atoms with Crippen LogP contribution in [-0.2, 0) is 25.1 Å². The van der Waals surface area contributed by atoms with Crippen molar-refractivity contribution in [1.29, 1.82) is 0 Å². The maximum atomic E-state index is 12.2. The lowest BCUT2D eigenvalue weighted by Gasteiger charge is -2.16. The van der Waals surface area contributed by atoms with E-state index in [-0.39, 0.29) is 5.88 Å². The van der Waals surface area contributed by atoms with Crippen molar-refractivity contribution in [1.82, 2.24) is 9.97 Å². The molecule has 0 aromatic carbocycles. The summed E-state index contributed by atoms with van der Waals surface area (Å²) < 4.78 is 35.9. The van der Waals surface area contributed by atoms with Gasteiger partial charge in [0, 0.05) is 18.7 Å². The Labute approximate surface area is 186 Å². The summed E-state index contributed by atoms with van der Waals surface area (Å²) in [5.41, 5.74) is 3.14. The van der Waals surface area contributed by atoms with Gasteiger partial charge in [0.2, 0.25) is 5.88 Å². The maximum Gasteiger partial charge on any atom is 0.318 e. The Morgan fingerprint density at radius 1 is 1.22 bits per heavy atom. The highest BCUT2D eigenvalue weighted by Gasteiger charge is 2.19. The van der Waals surface area contributed by atoms with Crippen LogP contribution in [0.5, 0.6) is 5.88 Å². The minimum absolute atomic E-state index is 0.218. The monoisotopic (exact) mass is 459 g/mol. The molecule has 3 heterocycles. The van der Waals surface area contributed by atoms with E-state index >= 15 is 0 Å². The molecule has 0 spiro atoms. The average molecular weight is 460 g/mol. The topological polar surface area (TPSA) is 128 Å². The number of fused-ring (bicyclic) bond motifs is 4. The molecule has 0 saturated carbocycles. The van der Waals surface area contributed by atoms with Crippen LogP contribution in [0, 0.1) is 6.92 Å². The second-order valence-electron chi connectivity index (χ2n) is 7.38. The fourth-order valence-corrected chi connectivity index (χ4v) is 4.42. The normalized spacial score (nSPS) is 16.7. The van der Waals surface area contributed by atoms with Crippen LogP contribution in [0.3, 0.4) is 0 Å². The van der Waals surface area contributed by atoms with Gasteiger partial charge in [-0.25, -0.2) is 13.4 Å². The van der Waals surface area contributed by atoms with E-state index in [1.165, 1.54) is 6.07 Å². The third kappa shape index (κ3) is 6.07. The zero-order valence-corrected chi connectivity index (χ0v) is 18.7. The number of nitrogens with one attached hydrogen (secondary N) is 1. The first kappa shape index (κ1) is 23.3. The number of aryl methyl sites for hydroxylation is 1. The number of sulfone groups is 1. The molecule has 170 valence electrons. The third-order valence-corrected chi connectivity index (χ3v) is 6.17. The van der Waals surface area contributed by atoms with Gasteiger partial charge in [-0.1, -0.05) is 6.58 Å². The summed E-state index contributed by atoms with van der Waals surface area (Å²) in [5.74, 6) is -1.08. The molecule has 10 heteroatoms. The van der Waals surface area contributed by atoms with E-state index in [0.717, 1.165) is 16.7 Å². The molecule has 0 fully saturated rings. The van der Waals surface area contributed by atoms with E-state index in [1.807, 2.05) is 19.9 Å². The first-order valence-electron chi connectivity index (χ1n) is 9.93. The summed E-state index contributed by atoms with van der Waals surface area (Å²) in [6.07, 6.45) is 3.95. The fourth-order valence-electron chi connectivity index (χ4n) is 3.27. The first-order chi connectivity index (χ1) is 15.2. The molecule has 32 heavy (non-hydrogen) atoms. The van der Waals surface area contributed by atoms with Crippen molar-refractivity contribution in [3.05, 3.63) is 59.5 Å². The summed E-state index contributed by atoms with van der Waals surface area (Å²) in [7, 11) is -3.85. The summed E-state index contributed by atoms with van der Waals surface area (Å²) in [6, 6.07) is 4.88. The number of aliphatic carboxylic acids is 1. The quantitative estimate of drug-likeness (QED) is 0.692. The summed E-state index contributed by atoms with van der Waals surface area (Å²) in [5, 5.41) is 11.9. The minimum atomic E-state index is -3.85. The van der Waals surface area contributed by atoms with Gasteiger partial charge in [-0.05, 0) is 54.3 Å². The molecule has 3 rings (SSSR count). The lowest BCUT2D eigenvalue weighted by atomic mass is 10.0. The number of ether oxygens (including phenoxy) is 2. The highest BCUT2D eigenvalue weighted by Crippen LogP contribution is 2.27. The molecule has 1 aliphatic heterocycles. The smallest absolute Gasteiger partial charge is 0.318 e. The van der Waals surface area contributed by atoms with Crippen LogP contribution in [0.15, 0.2) is 42.8 Å². The number of carboxylic acids is 1. The highest BCUT2D eigenvalue weighted by molar-refractivity contribution is 7.91. The van der Waals surface area contributed by atoms with Crippen molar-refractivity contribution < 1.29 is 27.8 Å². The SMILES string of the molecule is C=C/C1=C(\C)c2cc(ncc2C)Nc2cc(CS(=O)(=O)CC(=O)O)cc(n2)OCCCO1. The molecule has 0 unspecified atom stereocenters. The van der Waals surface area contributed by atoms with Gasteiger partial charge in [0.1, 0.15) is 23.1 Å². The Bertz CT molecular complexity index is 1170. The Morgan fingerprint density at radius 3 is 2.69 bits per heavy atom. The molecule has 1 aliphatic rings. The standard InChI is InChI=1S/C22H25N3O6S/c1-4-18-15(3)17-10-19(23-11-14(17)2)24-20-8-16(12-32(28,29)13-22(26)27)9-21(25-20)31-7-5-6-30-18/h4,8-11H,1,5-7,12-13H2,2-3H3,(H,26,27)(H,23,24,25)/b18-15-. The van der Waals surface area contributed by atoms with Crippen molar-refractivity contribution in [2.24, 2.45) is 0 Å². The molecule has 0 amide bonds. The van der Waals surface area contributed by atoms with Gasteiger partial charge < -0.3 is 19.9 Å². The fraction of sp³-hybridized carbons (Fsp3) is 0.318. The van der Waals surface area contributed by atoms with Crippen molar-refractivity contribution in [3.8, 4) is 5.88 Å². The van der Waals surface area contributed by atoms with Crippen LogP contribution in [-0.4, -0.2) is 48.4 Å². The summed E-state index contributed by atoms with van der Waals surface area (Å²) in [4.78, 5) is 19.6. The van der Waals surface area contributed by atoms with Gasteiger partial charge in [-0.15, -0.1) is 0 Å². The van der Waals surface area contributed by atoms with Crippen molar-refractivity contribution in [3.63, 3.8) is 0 Å². The third-order valence-electron chi connectivity index (χ3n) is 4.71. The number of aromatic nitrogens is 2. The average Bonchev–Trinajstić information content (AvgIpc) is 2.69. The summed E-state index contributed by atoms with van der Waals surface area (Å²) in [6.45, 7) is 8.41. The zero-order chi connectivity index (χ0) is 23.3. The van der Waals surface area contributed by atoms with Gasteiger partial charge in [0.25, 0.3) is 0 Å². The Balaban J connectivity index is 2.03. The van der Waals surface area contributed by atoms with E-state index in [9.17, 15) is 13.2 Å². The minimum Gasteiger partial charge on any atom is -0.493 e. The Kier molecular flexibility index (Phi) is 7.14. The second kappa shape index (κ2) is 9.82. The Morgan fingerprint density at radius 2 is 1.97 bits per heavy atom. The number of pyridine rings is 2. The van der Waals surface area contributed by atoms with Crippen molar-refractivity contribution in [2.45, 2.75) is 26.0 Å². The van der Waals surface area contributed by atoms with Crippen molar-refractivity contribution in [2.75, 3.05) is 24.3 Å². The van der Waals surface area contributed by atoms with Gasteiger partial charge in [0.05, 0.1) is 19.0 Å². The van der Waals surface area contributed by atoms with E-state index < -0.39 is 27.3 Å². The highest BCUT2D eigenvalue weighted by atomic mass is 32.2. The van der Waals surface area contributed by atoms with E-state index in [1.54, 1.807) is 18.3 Å². The van der Waals surface area contributed by atoms with E-state index in [2.05, 4.69) is 21.9 Å².